The van der Waals surface area contributed by atoms with Gasteiger partial charge in [-0.2, -0.15) is 0 Å². The second-order valence-corrected chi connectivity index (χ2v) is 14.5. The van der Waals surface area contributed by atoms with E-state index in [0.717, 1.165) is 5.56 Å². The molecule has 2 rings (SSSR count). The average molecular weight is 453 g/mol. The molecule has 0 bridgehead atoms. The van der Waals surface area contributed by atoms with E-state index in [-0.39, 0.29) is 30.2 Å². The summed E-state index contributed by atoms with van der Waals surface area (Å²) in [6, 6.07) is 6.13. The highest BCUT2D eigenvalue weighted by molar-refractivity contribution is 6.74. The first-order valence-corrected chi connectivity index (χ1v) is 14.1. The summed E-state index contributed by atoms with van der Waals surface area (Å²) in [5.41, 5.74) is 0.775. The lowest BCUT2D eigenvalue weighted by molar-refractivity contribution is -0.165. The van der Waals surface area contributed by atoms with Gasteiger partial charge in [0, 0.05) is 5.92 Å². The maximum atomic E-state index is 13.7. The minimum atomic E-state index is -2.17. The third kappa shape index (κ3) is 5.95. The molecule has 0 N–H and O–H groups in total. The number of hydrogen-bond acceptors (Lipinski definition) is 5. The first-order chi connectivity index (χ1) is 14.4. The number of halogens is 1. The van der Waals surface area contributed by atoms with Crippen molar-refractivity contribution in [3.8, 4) is 0 Å². The average Bonchev–Trinajstić information content (AvgIpc) is 2.67. The molecule has 0 spiro atoms. The van der Waals surface area contributed by atoms with Crippen molar-refractivity contribution in [2.24, 2.45) is 11.8 Å². The number of hydrogen-bond donors (Lipinski definition) is 0. The minimum absolute atomic E-state index is 0.0161. The van der Waals surface area contributed by atoms with Crippen molar-refractivity contribution in [2.75, 3.05) is 13.2 Å². The van der Waals surface area contributed by atoms with Gasteiger partial charge in [0.1, 0.15) is 5.82 Å². The zero-order valence-electron chi connectivity index (χ0n) is 19.9. The van der Waals surface area contributed by atoms with E-state index in [2.05, 4.69) is 33.9 Å². The van der Waals surface area contributed by atoms with Crippen molar-refractivity contribution in [3.63, 3.8) is 0 Å². The molecule has 0 aliphatic heterocycles. The first-order valence-electron chi connectivity index (χ1n) is 11.2. The highest BCUT2D eigenvalue weighted by Crippen LogP contribution is 2.47. The molecule has 7 heteroatoms. The second kappa shape index (κ2) is 10.3. The molecule has 0 radical (unpaired) electrons. The Bertz CT molecular complexity index is 756. The van der Waals surface area contributed by atoms with Crippen LogP contribution in [0.25, 0.3) is 0 Å². The molecule has 5 nitrogen and oxygen atoms in total. The van der Waals surface area contributed by atoms with Crippen LogP contribution in [-0.4, -0.2) is 39.6 Å². The largest absolute Gasteiger partial charge is 0.466 e. The smallest absolute Gasteiger partial charge is 0.310 e. The van der Waals surface area contributed by atoms with Gasteiger partial charge in [0.15, 0.2) is 8.32 Å². The molecular formula is C24H37FO5Si. The number of rotatable bonds is 7. The summed E-state index contributed by atoms with van der Waals surface area (Å²) in [7, 11) is -2.17. The summed E-state index contributed by atoms with van der Waals surface area (Å²) < 4.78 is 31.1. The molecule has 4 atom stereocenters. The molecular weight excluding hydrogens is 415 g/mol. The summed E-state index contributed by atoms with van der Waals surface area (Å²) in [6.45, 7) is 14.8. The van der Waals surface area contributed by atoms with Gasteiger partial charge < -0.3 is 13.9 Å². The quantitative estimate of drug-likeness (QED) is 0.406. The molecule has 0 aromatic heterocycles. The van der Waals surface area contributed by atoms with E-state index in [0.29, 0.717) is 12.8 Å². The van der Waals surface area contributed by atoms with Crippen molar-refractivity contribution in [3.05, 3.63) is 35.6 Å². The van der Waals surface area contributed by atoms with Crippen LogP contribution in [0, 0.1) is 17.7 Å². The second-order valence-electron chi connectivity index (χ2n) is 9.71. The minimum Gasteiger partial charge on any atom is -0.466 e. The third-order valence-electron chi connectivity index (χ3n) is 6.64. The fourth-order valence-electron chi connectivity index (χ4n) is 4.04. The van der Waals surface area contributed by atoms with Crippen LogP contribution in [0.4, 0.5) is 4.39 Å². The topological polar surface area (TPSA) is 61.8 Å². The summed E-state index contributed by atoms with van der Waals surface area (Å²) in [5, 5.41) is -0.0161. The number of carbonyl (C=O) groups is 2. The lowest BCUT2D eigenvalue weighted by atomic mass is 9.67. The highest BCUT2D eigenvalue weighted by atomic mass is 28.4. The molecule has 0 amide bonds. The van der Waals surface area contributed by atoms with Crippen LogP contribution in [0.1, 0.15) is 58.9 Å². The van der Waals surface area contributed by atoms with Crippen LogP contribution in [0.2, 0.25) is 18.1 Å². The van der Waals surface area contributed by atoms with Gasteiger partial charge in [-0.05, 0) is 62.5 Å². The molecule has 1 aromatic carbocycles. The molecule has 1 aliphatic rings. The van der Waals surface area contributed by atoms with E-state index in [1.165, 1.54) is 12.1 Å². The van der Waals surface area contributed by atoms with Gasteiger partial charge in [-0.15, -0.1) is 0 Å². The van der Waals surface area contributed by atoms with E-state index >= 15 is 0 Å². The van der Waals surface area contributed by atoms with Crippen LogP contribution < -0.4 is 0 Å². The number of carbonyl (C=O) groups excluding carboxylic acids is 2. The van der Waals surface area contributed by atoms with Gasteiger partial charge in [-0.25, -0.2) is 4.39 Å². The van der Waals surface area contributed by atoms with E-state index in [1.807, 2.05) is 0 Å². The molecule has 31 heavy (non-hydrogen) atoms. The van der Waals surface area contributed by atoms with Crippen LogP contribution in [0.15, 0.2) is 24.3 Å². The fourth-order valence-corrected chi connectivity index (χ4v) is 5.42. The standard InChI is InChI=1S/C24H37FO5Si/c1-8-28-22(26)18-14-15-19(30-31(6,7)24(3,4)5)20(21(18)23(27)29-9-2)16-10-12-17(25)13-11-16/h10-13,18-21H,8-9,14-15H2,1-7H3/t18-,19?,20?,21+/m0/s1. The van der Waals surface area contributed by atoms with Gasteiger partial charge in [-0.3, -0.25) is 9.59 Å². The van der Waals surface area contributed by atoms with E-state index in [1.54, 1.807) is 26.0 Å². The molecule has 174 valence electrons. The number of benzene rings is 1. The van der Waals surface area contributed by atoms with Gasteiger partial charge >= 0.3 is 11.9 Å². The monoisotopic (exact) mass is 452 g/mol. The molecule has 0 saturated heterocycles. The zero-order valence-corrected chi connectivity index (χ0v) is 20.9. The third-order valence-corrected chi connectivity index (χ3v) is 11.1. The Kier molecular flexibility index (Phi) is 8.45. The van der Waals surface area contributed by atoms with Crippen molar-refractivity contribution in [1.82, 2.24) is 0 Å². The van der Waals surface area contributed by atoms with E-state index in [9.17, 15) is 14.0 Å². The fraction of sp³-hybridized carbons (Fsp3) is 0.667. The Morgan fingerprint density at radius 3 is 2.06 bits per heavy atom. The molecule has 2 unspecified atom stereocenters. The maximum Gasteiger partial charge on any atom is 0.310 e. The Labute approximate surface area is 186 Å². The lowest BCUT2D eigenvalue weighted by Crippen LogP contribution is -2.51. The van der Waals surface area contributed by atoms with Crippen molar-refractivity contribution < 1.29 is 27.9 Å². The molecule has 1 saturated carbocycles. The van der Waals surface area contributed by atoms with Gasteiger partial charge in [0.25, 0.3) is 0 Å². The maximum absolute atomic E-state index is 13.7. The molecule has 1 aliphatic carbocycles. The molecule has 1 aromatic rings. The lowest BCUT2D eigenvalue weighted by Gasteiger charge is -2.46. The number of ether oxygens (including phenoxy) is 2. The van der Waals surface area contributed by atoms with Gasteiger partial charge in [0.2, 0.25) is 0 Å². The highest BCUT2D eigenvalue weighted by Gasteiger charge is 2.51. The van der Waals surface area contributed by atoms with Crippen LogP contribution in [-0.2, 0) is 23.5 Å². The van der Waals surface area contributed by atoms with E-state index in [4.69, 9.17) is 13.9 Å². The summed E-state index contributed by atoms with van der Waals surface area (Å²) in [5.74, 6) is -2.95. The van der Waals surface area contributed by atoms with Crippen LogP contribution in [0.5, 0.6) is 0 Å². The van der Waals surface area contributed by atoms with Crippen LogP contribution in [0.3, 0.4) is 0 Å². The predicted octanol–water partition coefficient (Wildman–Crippen LogP) is 5.45. The Balaban J connectivity index is 2.54. The van der Waals surface area contributed by atoms with Gasteiger partial charge in [-0.1, -0.05) is 32.9 Å². The Morgan fingerprint density at radius 2 is 1.55 bits per heavy atom. The summed E-state index contributed by atoms with van der Waals surface area (Å²) >= 11 is 0. The van der Waals surface area contributed by atoms with Crippen LogP contribution >= 0.6 is 0 Å². The zero-order chi connectivity index (χ0) is 23.4. The van der Waals surface area contributed by atoms with Crippen molar-refractivity contribution >= 4 is 20.3 Å². The van der Waals surface area contributed by atoms with Crippen molar-refractivity contribution in [2.45, 2.75) is 77.6 Å². The summed E-state index contributed by atoms with van der Waals surface area (Å²) in [6.07, 6.45) is 0.833. The predicted molar refractivity (Wildman–Crippen MR) is 121 cm³/mol. The van der Waals surface area contributed by atoms with Gasteiger partial charge in [0.05, 0.1) is 31.2 Å². The Hall–Kier alpha value is -1.73. The molecule has 1 fully saturated rings. The van der Waals surface area contributed by atoms with Crippen molar-refractivity contribution in [1.29, 1.82) is 0 Å². The SMILES string of the molecule is CCOC(=O)[C@H]1CCC(O[Si](C)(C)C(C)(C)C)C(c2ccc(F)cc2)[C@@H]1C(=O)OCC. The Morgan fingerprint density at radius 1 is 1.00 bits per heavy atom. The summed E-state index contributed by atoms with van der Waals surface area (Å²) in [4.78, 5) is 25.9. The first kappa shape index (κ1) is 25.5. The number of esters is 2. The molecule has 0 heterocycles. The normalized spacial score (nSPS) is 24.5. The van der Waals surface area contributed by atoms with E-state index < -0.39 is 38.0 Å².